The van der Waals surface area contributed by atoms with Gasteiger partial charge in [0.25, 0.3) is 0 Å². The second-order valence-corrected chi connectivity index (χ2v) is 11.0. The number of nitrogens with zero attached hydrogens (tertiary/aromatic N) is 3. The summed E-state index contributed by atoms with van der Waals surface area (Å²) in [4.78, 5) is 9.08. The number of para-hydroxylation sites is 2. The number of thiophene rings is 1. The Kier molecular flexibility index (Phi) is 7.12. The summed E-state index contributed by atoms with van der Waals surface area (Å²) in [5.74, 6) is 0.793. The first-order chi connectivity index (χ1) is 24.1. The Labute approximate surface area is 289 Å². The van der Waals surface area contributed by atoms with E-state index in [1.165, 1.54) is 23.1 Å². The predicted octanol–water partition coefficient (Wildman–Crippen LogP) is 10.5. The number of hydrogen-bond acceptors (Lipinski definition) is 3. The van der Waals surface area contributed by atoms with Crippen molar-refractivity contribution in [1.82, 2.24) is 14.5 Å². The summed E-state index contributed by atoms with van der Waals surface area (Å²) in [5, 5.41) is 4.35. The maximum Gasteiger partial charge on any atom is 0.0774 e. The third-order valence-electron chi connectivity index (χ3n) is 7.28. The van der Waals surface area contributed by atoms with Crippen molar-refractivity contribution in [2.45, 2.75) is 13.7 Å². The fourth-order valence-corrected chi connectivity index (χ4v) is 6.01. The van der Waals surface area contributed by atoms with Crippen molar-refractivity contribution >= 4 is 32.5 Å². The van der Waals surface area contributed by atoms with Crippen LogP contribution in [-0.2, 0) is 20.1 Å². The number of fused-ring (bicyclic) bond motifs is 2. The van der Waals surface area contributed by atoms with Crippen LogP contribution in [0.1, 0.15) is 19.4 Å². The Bertz CT molecular complexity index is 2390. The third kappa shape index (κ3) is 6.43. The van der Waals surface area contributed by atoms with Gasteiger partial charge in [0.15, 0.2) is 0 Å². The molecule has 1 radical (unpaired) electrons. The van der Waals surface area contributed by atoms with Gasteiger partial charge in [0.2, 0.25) is 0 Å². The number of aryl methyl sites for hydroxylation is 2. The van der Waals surface area contributed by atoms with E-state index in [9.17, 15) is 0 Å². The molecule has 0 N–H and O–H groups in total. The summed E-state index contributed by atoms with van der Waals surface area (Å²) < 4.78 is 47.9. The molecule has 3 heterocycles. The Morgan fingerprint density at radius 1 is 0.733 bits per heavy atom. The molecule has 0 atom stereocenters. The van der Waals surface area contributed by atoms with Gasteiger partial charge in [0.05, 0.1) is 16.9 Å². The monoisotopic (exact) mass is 782 g/mol. The van der Waals surface area contributed by atoms with Crippen LogP contribution in [0.2, 0.25) is 0 Å². The van der Waals surface area contributed by atoms with Crippen LogP contribution in [0, 0.1) is 25.2 Å². The van der Waals surface area contributed by atoms with Crippen molar-refractivity contribution < 1.29 is 28.3 Å². The van der Waals surface area contributed by atoms with E-state index >= 15 is 0 Å². The summed E-state index contributed by atoms with van der Waals surface area (Å²) in [5.41, 5.74) is 8.31. The van der Waals surface area contributed by atoms with Crippen molar-refractivity contribution in [3.63, 3.8) is 0 Å². The molecule has 0 fully saturated rings. The summed E-state index contributed by atoms with van der Waals surface area (Å²) in [6.45, 7) is -4.22. The topological polar surface area (TPSA) is 30.7 Å². The Hall–Kier alpha value is -4.67. The normalized spacial score (nSPS) is 13.2. The van der Waals surface area contributed by atoms with Crippen molar-refractivity contribution in [2.75, 3.05) is 0 Å². The molecule has 0 aliphatic heterocycles. The smallest absolute Gasteiger partial charge is 0.0774 e. The number of benzene rings is 5. The standard InChI is InChI=1S/C28H19N2S.C12H10N.Ir/c1-19-11-16-23-24(18-31-27(23)17-19)28-29-25-9-5-6-10-26(25)30(28)22-14-12-21(13-15-22)20-7-3-2-4-8-20;1-10-7-8-12(13-9-10)11-5-3-2-4-6-11;/h2-17H,1H3;2-5,7-9H,1H3;/q2*-1;/i2*1D3;. The second-order valence-electron chi connectivity index (χ2n) is 10.2. The van der Waals surface area contributed by atoms with Crippen molar-refractivity contribution in [3.05, 3.63) is 162 Å². The van der Waals surface area contributed by atoms with Crippen molar-refractivity contribution in [2.24, 2.45) is 0 Å². The summed E-state index contributed by atoms with van der Waals surface area (Å²) in [6.07, 6.45) is 1.39. The summed E-state index contributed by atoms with van der Waals surface area (Å²) in [6, 6.07) is 45.9. The minimum absolute atomic E-state index is 0. The zero-order valence-corrected chi connectivity index (χ0v) is 27.1. The van der Waals surface area contributed by atoms with Gasteiger partial charge in [-0.25, -0.2) is 0 Å². The van der Waals surface area contributed by atoms with Gasteiger partial charge >= 0.3 is 0 Å². The van der Waals surface area contributed by atoms with Gasteiger partial charge in [-0.3, -0.25) is 16.3 Å². The van der Waals surface area contributed by atoms with Crippen LogP contribution >= 0.6 is 11.3 Å². The first-order valence-electron chi connectivity index (χ1n) is 17.1. The van der Waals surface area contributed by atoms with Crippen molar-refractivity contribution in [1.29, 1.82) is 0 Å². The first kappa shape index (κ1) is 23.7. The molecule has 0 amide bonds. The first-order valence-corrected chi connectivity index (χ1v) is 14.9. The number of hydrogen-bond donors (Lipinski definition) is 0. The fourth-order valence-electron chi connectivity index (χ4n) is 5.13. The van der Waals surface area contributed by atoms with Gasteiger partial charge in [-0.05, 0) is 60.4 Å². The summed E-state index contributed by atoms with van der Waals surface area (Å²) >= 11 is 1.42. The third-order valence-corrected chi connectivity index (χ3v) is 8.14. The van der Waals surface area contributed by atoms with Crippen LogP contribution < -0.4 is 0 Å². The largest absolute Gasteiger partial charge is 0.333 e. The van der Waals surface area contributed by atoms with E-state index in [0.29, 0.717) is 5.56 Å². The molecule has 45 heavy (non-hydrogen) atoms. The number of pyridine rings is 1. The van der Waals surface area contributed by atoms with E-state index in [-0.39, 0.29) is 25.7 Å². The van der Waals surface area contributed by atoms with E-state index in [1.807, 2.05) is 60.7 Å². The van der Waals surface area contributed by atoms with E-state index < -0.39 is 13.7 Å². The molecule has 0 unspecified atom stereocenters. The molecule has 5 aromatic carbocycles. The Morgan fingerprint density at radius 2 is 1.49 bits per heavy atom. The van der Waals surface area contributed by atoms with Gasteiger partial charge in [-0.1, -0.05) is 100 Å². The zero-order chi connectivity index (χ0) is 34.9. The molecule has 3 nitrogen and oxygen atoms in total. The van der Waals surface area contributed by atoms with E-state index in [0.717, 1.165) is 55.0 Å². The maximum absolute atomic E-state index is 7.73. The molecule has 221 valence electrons. The maximum atomic E-state index is 7.73. The van der Waals surface area contributed by atoms with Gasteiger partial charge in [0, 0.05) is 40.2 Å². The molecule has 3 aromatic heterocycles. The molecule has 8 aromatic rings. The van der Waals surface area contributed by atoms with Crippen LogP contribution in [0.4, 0.5) is 0 Å². The molecular formula is C40H29IrN3S-2. The second kappa shape index (κ2) is 13.5. The van der Waals surface area contributed by atoms with Crippen LogP contribution in [-0.4, -0.2) is 14.5 Å². The molecule has 0 saturated carbocycles. The molecule has 0 aliphatic carbocycles. The van der Waals surface area contributed by atoms with E-state index in [4.69, 9.17) is 13.2 Å². The van der Waals surface area contributed by atoms with Gasteiger partial charge in [-0.2, -0.15) is 0 Å². The summed E-state index contributed by atoms with van der Waals surface area (Å²) in [7, 11) is 0. The van der Waals surface area contributed by atoms with Crippen LogP contribution in [0.3, 0.4) is 0 Å². The van der Waals surface area contributed by atoms with Crippen molar-refractivity contribution in [3.8, 4) is 39.5 Å². The minimum atomic E-state index is -2.13. The van der Waals surface area contributed by atoms with Crippen LogP contribution in [0.15, 0.2) is 140 Å². The SMILES string of the molecule is [2H]C([2H])([2H])c1ccc(-c2[c-]cccc2)nc1.[2H]C([2H])([2H])c1ccc2c(-c3nc4ccccc4n3-c3ccc(-c4ccccc4)cc3)[c-]sc2c1.[Ir]. The molecule has 0 saturated heterocycles. The molecule has 8 rings (SSSR count). The zero-order valence-electron chi connectivity index (χ0n) is 29.9. The molecule has 0 bridgehead atoms. The number of aromatic nitrogens is 3. The average molecular weight is 782 g/mol. The predicted molar refractivity (Wildman–Crippen MR) is 184 cm³/mol. The number of imidazole rings is 1. The Balaban J connectivity index is 0.000000222. The van der Waals surface area contributed by atoms with Gasteiger partial charge in [0.1, 0.15) is 0 Å². The fraction of sp³-hybridized carbons (Fsp3) is 0.0500. The molecule has 0 spiro atoms. The minimum Gasteiger partial charge on any atom is -0.333 e. The quantitative estimate of drug-likeness (QED) is 0.167. The van der Waals surface area contributed by atoms with Gasteiger partial charge in [-0.15, -0.1) is 47.3 Å². The van der Waals surface area contributed by atoms with E-state index in [1.54, 1.807) is 30.3 Å². The molecule has 5 heteroatoms. The average Bonchev–Trinajstić information content (AvgIpc) is 3.73. The van der Waals surface area contributed by atoms with Gasteiger partial charge < -0.3 is 9.55 Å². The Morgan fingerprint density at radius 3 is 2.24 bits per heavy atom. The number of rotatable bonds is 4. The molecular weight excluding hydrogens is 747 g/mol. The van der Waals surface area contributed by atoms with Crippen LogP contribution in [0.25, 0.3) is 60.6 Å². The van der Waals surface area contributed by atoms with E-state index in [2.05, 4.69) is 63.5 Å². The molecule has 0 aliphatic rings. The van der Waals surface area contributed by atoms with Crippen LogP contribution in [0.5, 0.6) is 0 Å².